The number of phenolic OH excluding ortho intramolecular Hbond substituents is 1. The van der Waals surface area contributed by atoms with Crippen molar-refractivity contribution in [3.8, 4) is 5.75 Å². The predicted octanol–water partition coefficient (Wildman–Crippen LogP) is 1.64. The van der Waals surface area contributed by atoms with Crippen LogP contribution in [0.2, 0.25) is 0 Å². The van der Waals surface area contributed by atoms with Crippen molar-refractivity contribution < 1.29 is 14.3 Å². The highest BCUT2D eigenvalue weighted by molar-refractivity contribution is 6.05. The predicted molar refractivity (Wildman–Crippen MR) is 59.8 cm³/mol. The van der Waals surface area contributed by atoms with Gasteiger partial charge in [-0.05, 0) is 24.6 Å². The number of hydrogen-bond donors (Lipinski definition) is 2. The van der Waals surface area contributed by atoms with Crippen LogP contribution in [0, 0.1) is 13.8 Å². The molecule has 0 atom stereocenters. The van der Waals surface area contributed by atoms with Crippen LogP contribution in [0.4, 0.5) is 6.01 Å². The highest BCUT2D eigenvalue weighted by Crippen LogP contribution is 2.19. The molecule has 1 heterocycles. The highest BCUT2D eigenvalue weighted by Gasteiger charge is 2.13. The maximum atomic E-state index is 11.8. The fourth-order valence-corrected chi connectivity index (χ4v) is 1.35. The molecule has 1 amide bonds. The Bertz CT molecular complexity index is 563. The maximum absolute atomic E-state index is 11.8. The van der Waals surface area contributed by atoms with Crippen LogP contribution in [0.1, 0.15) is 21.8 Å². The van der Waals surface area contributed by atoms with E-state index < -0.39 is 5.91 Å². The molecule has 2 N–H and O–H groups in total. The lowest BCUT2D eigenvalue weighted by molar-refractivity contribution is 0.102. The van der Waals surface area contributed by atoms with Crippen molar-refractivity contribution in [2.45, 2.75) is 13.8 Å². The molecule has 1 aromatic carbocycles. The van der Waals surface area contributed by atoms with Crippen molar-refractivity contribution in [2.75, 3.05) is 5.32 Å². The minimum absolute atomic E-state index is 0.00692. The van der Waals surface area contributed by atoms with Crippen LogP contribution in [-0.4, -0.2) is 21.2 Å². The van der Waals surface area contributed by atoms with Crippen molar-refractivity contribution >= 4 is 11.9 Å². The Morgan fingerprint density at radius 1 is 1.35 bits per heavy atom. The van der Waals surface area contributed by atoms with Gasteiger partial charge in [0.2, 0.25) is 5.89 Å². The molecule has 0 saturated heterocycles. The van der Waals surface area contributed by atoms with Gasteiger partial charge in [0.25, 0.3) is 5.91 Å². The number of benzene rings is 1. The SMILES string of the molecule is Cc1ccc(C(=O)Nc2nnc(C)o2)c(O)c1. The van der Waals surface area contributed by atoms with Gasteiger partial charge in [-0.2, -0.15) is 0 Å². The van der Waals surface area contributed by atoms with Crippen LogP contribution in [0.15, 0.2) is 22.6 Å². The number of nitrogens with zero attached hydrogens (tertiary/aromatic N) is 2. The van der Waals surface area contributed by atoms with Gasteiger partial charge in [0.05, 0.1) is 5.56 Å². The molecule has 0 bridgehead atoms. The molecule has 2 rings (SSSR count). The summed E-state index contributed by atoms with van der Waals surface area (Å²) >= 11 is 0. The highest BCUT2D eigenvalue weighted by atomic mass is 16.4. The molecule has 0 aliphatic rings. The zero-order valence-electron chi connectivity index (χ0n) is 9.39. The van der Waals surface area contributed by atoms with Crippen LogP contribution in [0.5, 0.6) is 5.75 Å². The molecule has 88 valence electrons. The number of hydrogen-bond acceptors (Lipinski definition) is 5. The number of aromatic nitrogens is 2. The summed E-state index contributed by atoms with van der Waals surface area (Å²) in [6.45, 7) is 3.44. The summed E-state index contributed by atoms with van der Waals surface area (Å²) in [5.41, 5.74) is 1.03. The van der Waals surface area contributed by atoms with Gasteiger partial charge in [0.1, 0.15) is 5.75 Å². The summed E-state index contributed by atoms with van der Waals surface area (Å²) in [4.78, 5) is 11.8. The first-order valence-electron chi connectivity index (χ1n) is 4.97. The third-order valence-electron chi connectivity index (χ3n) is 2.14. The smallest absolute Gasteiger partial charge is 0.322 e. The van der Waals surface area contributed by atoms with Crippen molar-refractivity contribution in [3.63, 3.8) is 0 Å². The zero-order valence-corrected chi connectivity index (χ0v) is 9.39. The lowest BCUT2D eigenvalue weighted by Crippen LogP contribution is -2.12. The first-order chi connectivity index (χ1) is 8.06. The molecule has 6 heteroatoms. The summed E-state index contributed by atoms with van der Waals surface area (Å²) in [5.74, 6) is -0.224. The number of rotatable bonds is 2. The molecule has 0 aliphatic heterocycles. The summed E-state index contributed by atoms with van der Waals surface area (Å²) in [6, 6.07) is 4.78. The number of amides is 1. The average molecular weight is 233 g/mol. The summed E-state index contributed by atoms with van der Waals surface area (Å²) < 4.78 is 5.00. The van der Waals surface area contributed by atoms with Crippen LogP contribution in [-0.2, 0) is 0 Å². The molecule has 6 nitrogen and oxygen atoms in total. The first-order valence-corrected chi connectivity index (χ1v) is 4.97. The number of phenols is 1. The van der Waals surface area contributed by atoms with E-state index in [0.717, 1.165) is 5.56 Å². The standard InChI is InChI=1S/C11H11N3O3/c1-6-3-4-8(9(15)5-6)10(16)12-11-14-13-7(2)17-11/h3-5,15H,1-2H3,(H,12,14,16). The topological polar surface area (TPSA) is 88.3 Å². The molecule has 0 fully saturated rings. The van der Waals surface area contributed by atoms with E-state index in [9.17, 15) is 9.90 Å². The third-order valence-corrected chi connectivity index (χ3v) is 2.14. The molecule has 0 spiro atoms. The van der Waals surface area contributed by atoms with Gasteiger partial charge in [-0.15, -0.1) is 5.10 Å². The first kappa shape index (κ1) is 11.1. The molecule has 0 unspecified atom stereocenters. The maximum Gasteiger partial charge on any atom is 0.322 e. The Kier molecular flexibility index (Phi) is 2.78. The van der Waals surface area contributed by atoms with Crippen molar-refractivity contribution in [1.29, 1.82) is 0 Å². The minimum atomic E-state index is -0.494. The number of anilines is 1. The Morgan fingerprint density at radius 3 is 2.71 bits per heavy atom. The van der Waals surface area contributed by atoms with E-state index >= 15 is 0 Å². The van der Waals surface area contributed by atoms with E-state index in [4.69, 9.17) is 4.42 Å². The van der Waals surface area contributed by atoms with E-state index in [-0.39, 0.29) is 17.3 Å². The lowest BCUT2D eigenvalue weighted by atomic mass is 10.1. The van der Waals surface area contributed by atoms with Crippen molar-refractivity contribution in [2.24, 2.45) is 0 Å². The van der Waals surface area contributed by atoms with Crippen LogP contribution < -0.4 is 5.32 Å². The molecule has 0 radical (unpaired) electrons. The van der Waals surface area contributed by atoms with Gasteiger partial charge in [-0.1, -0.05) is 11.2 Å². The van der Waals surface area contributed by atoms with E-state index in [1.165, 1.54) is 12.1 Å². The Balaban J connectivity index is 2.20. The zero-order chi connectivity index (χ0) is 12.4. The van der Waals surface area contributed by atoms with Gasteiger partial charge < -0.3 is 9.52 Å². The fourth-order valence-electron chi connectivity index (χ4n) is 1.35. The number of nitrogens with one attached hydrogen (secondary N) is 1. The Morgan fingerprint density at radius 2 is 2.12 bits per heavy atom. The van der Waals surface area contributed by atoms with Crippen LogP contribution in [0.25, 0.3) is 0 Å². The number of aryl methyl sites for hydroxylation is 2. The summed E-state index contributed by atoms with van der Waals surface area (Å²) in [6.07, 6.45) is 0. The fraction of sp³-hybridized carbons (Fsp3) is 0.182. The van der Waals surface area contributed by atoms with E-state index in [1.54, 1.807) is 13.0 Å². The van der Waals surface area contributed by atoms with Crippen molar-refractivity contribution in [3.05, 3.63) is 35.2 Å². The molecule has 2 aromatic rings. The molecule has 0 aliphatic carbocycles. The minimum Gasteiger partial charge on any atom is -0.507 e. The largest absolute Gasteiger partial charge is 0.507 e. The summed E-state index contributed by atoms with van der Waals surface area (Å²) in [5, 5.41) is 19.2. The average Bonchev–Trinajstić information content (AvgIpc) is 2.63. The second kappa shape index (κ2) is 4.25. The molecule has 17 heavy (non-hydrogen) atoms. The Hall–Kier alpha value is -2.37. The van der Waals surface area contributed by atoms with Gasteiger partial charge >= 0.3 is 6.01 Å². The van der Waals surface area contributed by atoms with E-state index in [1.807, 2.05) is 6.92 Å². The number of carbonyl (C=O) groups is 1. The van der Waals surface area contributed by atoms with Gasteiger partial charge in [-0.25, -0.2) is 0 Å². The second-order valence-electron chi connectivity index (χ2n) is 3.60. The van der Waals surface area contributed by atoms with Crippen LogP contribution >= 0.6 is 0 Å². The third kappa shape index (κ3) is 2.41. The number of aromatic hydroxyl groups is 1. The van der Waals surface area contributed by atoms with E-state index in [0.29, 0.717) is 5.89 Å². The quantitative estimate of drug-likeness (QED) is 0.823. The van der Waals surface area contributed by atoms with Gasteiger partial charge in [-0.3, -0.25) is 10.1 Å². The molecule has 0 saturated carbocycles. The molecular formula is C11H11N3O3. The Labute approximate surface area is 97.3 Å². The van der Waals surface area contributed by atoms with Gasteiger partial charge in [0.15, 0.2) is 0 Å². The lowest BCUT2D eigenvalue weighted by Gasteiger charge is -2.03. The monoisotopic (exact) mass is 233 g/mol. The van der Waals surface area contributed by atoms with Crippen molar-refractivity contribution in [1.82, 2.24) is 10.2 Å². The second-order valence-corrected chi connectivity index (χ2v) is 3.60. The van der Waals surface area contributed by atoms with Gasteiger partial charge in [0, 0.05) is 6.92 Å². The summed E-state index contributed by atoms with van der Waals surface area (Å²) in [7, 11) is 0. The normalized spacial score (nSPS) is 10.2. The van der Waals surface area contributed by atoms with Crippen LogP contribution in [0.3, 0.4) is 0 Å². The van der Waals surface area contributed by atoms with E-state index in [2.05, 4.69) is 15.5 Å². The molecule has 1 aromatic heterocycles. The number of carbonyl (C=O) groups excluding carboxylic acids is 1. The molecular weight excluding hydrogens is 222 g/mol.